The summed E-state index contributed by atoms with van der Waals surface area (Å²) in [5, 5.41) is 4.59. The van der Waals surface area contributed by atoms with Gasteiger partial charge in [0.05, 0.1) is 11.7 Å². The molecule has 0 bridgehead atoms. The zero-order valence-electron chi connectivity index (χ0n) is 14.2. The average Bonchev–Trinajstić information content (AvgIpc) is 3.04. The number of aromatic nitrogens is 4. The van der Waals surface area contributed by atoms with Gasteiger partial charge < -0.3 is 4.90 Å². The lowest BCUT2D eigenvalue weighted by atomic mass is 10.0. The average molecular weight is 299 g/mol. The topological polar surface area (TPSA) is 46.8 Å². The molecule has 1 saturated heterocycles. The lowest BCUT2D eigenvalue weighted by Crippen LogP contribution is -2.25. The Morgan fingerprint density at radius 2 is 2.00 bits per heavy atom. The summed E-state index contributed by atoms with van der Waals surface area (Å²) in [5.41, 5.74) is 4.89. The van der Waals surface area contributed by atoms with E-state index in [1.54, 1.807) is 0 Å². The number of rotatable bonds is 3. The Hall–Kier alpha value is -1.91. The van der Waals surface area contributed by atoms with Crippen LogP contribution in [0.25, 0.3) is 0 Å². The molecule has 1 unspecified atom stereocenters. The molecular formula is C17H25N5. The molecule has 1 atom stereocenters. The third-order valence-electron chi connectivity index (χ3n) is 4.68. The first-order chi connectivity index (χ1) is 10.5. The van der Waals surface area contributed by atoms with Gasteiger partial charge in [0.2, 0.25) is 0 Å². The molecular weight excluding hydrogens is 274 g/mol. The van der Waals surface area contributed by atoms with E-state index in [4.69, 9.17) is 4.98 Å². The van der Waals surface area contributed by atoms with Crippen LogP contribution in [0.5, 0.6) is 0 Å². The molecule has 118 valence electrons. The first-order valence-corrected chi connectivity index (χ1v) is 8.12. The largest absolute Gasteiger partial charge is 0.349 e. The van der Waals surface area contributed by atoms with Gasteiger partial charge in [0.1, 0.15) is 11.6 Å². The summed E-state index contributed by atoms with van der Waals surface area (Å²) in [6.45, 7) is 9.45. The highest BCUT2D eigenvalue weighted by Gasteiger charge is 2.31. The smallest absolute Gasteiger partial charge is 0.133 e. The second-order valence-electron chi connectivity index (χ2n) is 6.18. The van der Waals surface area contributed by atoms with Gasteiger partial charge in [-0.05, 0) is 40.0 Å². The monoisotopic (exact) mass is 299 g/mol. The van der Waals surface area contributed by atoms with E-state index in [0.717, 1.165) is 42.4 Å². The standard InChI is InChI=1S/C17H25N5/c1-6-14-10-16(19-13(4)18-14)22-9-7-8-15(22)17-11(2)20-21(5)12(17)3/h10,15H,6-9H2,1-5H3. The second-order valence-corrected chi connectivity index (χ2v) is 6.18. The van der Waals surface area contributed by atoms with Crippen molar-refractivity contribution >= 4 is 5.82 Å². The van der Waals surface area contributed by atoms with Gasteiger partial charge in [0.25, 0.3) is 0 Å². The maximum absolute atomic E-state index is 4.69. The Labute approximate surface area is 132 Å². The Morgan fingerprint density at radius 3 is 2.64 bits per heavy atom. The van der Waals surface area contributed by atoms with Crippen molar-refractivity contribution in [3.8, 4) is 0 Å². The number of hydrogen-bond acceptors (Lipinski definition) is 4. The quantitative estimate of drug-likeness (QED) is 0.874. The highest BCUT2D eigenvalue weighted by Crippen LogP contribution is 2.38. The van der Waals surface area contributed by atoms with Crippen LogP contribution in [0.3, 0.4) is 0 Å². The van der Waals surface area contributed by atoms with Gasteiger partial charge in [0.15, 0.2) is 0 Å². The van der Waals surface area contributed by atoms with Gasteiger partial charge in [-0.1, -0.05) is 6.92 Å². The van der Waals surface area contributed by atoms with Gasteiger partial charge in [-0.25, -0.2) is 9.97 Å². The fourth-order valence-electron chi connectivity index (χ4n) is 3.55. The zero-order chi connectivity index (χ0) is 15.9. The minimum Gasteiger partial charge on any atom is -0.349 e. The molecule has 5 nitrogen and oxygen atoms in total. The summed E-state index contributed by atoms with van der Waals surface area (Å²) >= 11 is 0. The van der Waals surface area contributed by atoms with Crippen LogP contribution < -0.4 is 4.90 Å². The van der Waals surface area contributed by atoms with Gasteiger partial charge >= 0.3 is 0 Å². The summed E-state index contributed by atoms with van der Waals surface area (Å²) in [7, 11) is 2.02. The number of aryl methyl sites for hydroxylation is 4. The van der Waals surface area contributed by atoms with E-state index in [9.17, 15) is 0 Å². The molecule has 1 fully saturated rings. The lowest BCUT2D eigenvalue weighted by molar-refractivity contribution is 0.690. The van der Waals surface area contributed by atoms with Crippen molar-refractivity contribution in [3.63, 3.8) is 0 Å². The van der Waals surface area contributed by atoms with Crippen molar-refractivity contribution in [2.24, 2.45) is 7.05 Å². The zero-order valence-corrected chi connectivity index (χ0v) is 14.2. The van der Waals surface area contributed by atoms with E-state index in [2.05, 4.69) is 41.8 Å². The SMILES string of the molecule is CCc1cc(N2CCCC2c2c(C)nn(C)c2C)nc(C)n1. The molecule has 0 N–H and O–H groups in total. The Balaban J connectivity index is 2.02. The van der Waals surface area contributed by atoms with Gasteiger partial charge in [-0.3, -0.25) is 4.68 Å². The predicted molar refractivity (Wildman–Crippen MR) is 88.2 cm³/mol. The summed E-state index contributed by atoms with van der Waals surface area (Å²) in [6.07, 6.45) is 3.31. The molecule has 2 aromatic heterocycles. The van der Waals surface area contributed by atoms with Crippen molar-refractivity contribution in [2.75, 3.05) is 11.4 Å². The van der Waals surface area contributed by atoms with Gasteiger partial charge in [0, 0.05) is 36.6 Å². The van der Waals surface area contributed by atoms with Crippen molar-refractivity contribution in [1.29, 1.82) is 0 Å². The highest BCUT2D eigenvalue weighted by molar-refractivity contribution is 5.46. The molecule has 22 heavy (non-hydrogen) atoms. The molecule has 0 aromatic carbocycles. The lowest BCUT2D eigenvalue weighted by Gasteiger charge is -2.27. The van der Waals surface area contributed by atoms with Crippen LogP contribution in [0.2, 0.25) is 0 Å². The Bertz CT molecular complexity index is 689. The number of anilines is 1. The van der Waals surface area contributed by atoms with E-state index >= 15 is 0 Å². The maximum Gasteiger partial charge on any atom is 0.133 e. The van der Waals surface area contributed by atoms with Crippen molar-refractivity contribution in [3.05, 3.63) is 34.5 Å². The van der Waals surface area contributed by atoms with Crippen LogP contribution in [0.15, 0.2) is 6.07 Å². The first kappa shape index (κ1) is 15.0. The minimum absolute atomic E-state index is 0.382. The molecule has 2 aromatic rings. The normalized spacial score (nSPS) is 18.2. The molecule has 1 aliphatic heterocycles. The van der Waals surface area contributed by atoms with E-state index in [1.807, 2.05) is 18.7 Å². The number of hydrogen-bond donors (Lipinski definition) is 0. The summed E-state index contributed by atoms with van der Waals surface area (Å²) < 4.78 is 1.99. The molecule has 0 aliphatic carbocycles. The molecule has 0 spiro atoms. The molecule has 5 heteroatoms. The highest BCUT2D eigenvalue weighted by atomic mass is 15.3. The minimum atomic E-state index is 0.382. The summed E-state index contributed by atoms with van der Waals surface area (Å²) in [4.78, 5) is 11.6. The van der Waals surface area contributed by atoms with Gasteiger partial charge in [-0.15, -0.1) is 0 Å². The first-order valence-electron chi connectivity index (χ1n) is 8.12. The molecule has 1 aliphatic rings. The molecule has 3 heterocycles. The van der Waals surface area contributed by atoms with Crippen LogP contribution in [0.1, 0.15) is 54.3 Å². The molecule has 0 radical (unpaired) electrons. The molecule has 0 amide bonds. The Morgan fingerprint density at radius 1 is 1.23 bits per heavy atom. The van der Waals surface area contributed by atoms with Crippen molar-refractivity contribution in [1.82, 2.24) is 19.7 Å². The van der Waals surface area contributed by atoms with Crippen molar-refractivity contribution in [2.45, 2.75) is 53.0 Å². The van der Waals surface area contributed by atoms with Crippen LogP contribution in [0.4, 0.5) is 5.82 Å². The fourth-order valence-corrected chi connectivity index (χ4v) is 3.55. The third kappa shape index (κ3) is 2.49. The van der Waals surface area contributed by atoms with E-state index in [1.165, 1.54) is 17.7 Å². The van der Waals surface area contributed by atoms with E-state index in [0.29, 0.717) is 6.04 Å². The van der Waals surface area contributed by atoms with Crippen LogP contribution >= 0.6 is 0 Å². The summed E-state index contributed by atoms with van der Waals surface area (Å²) in [5.74, 6) is 1.93. The second kappa shape index (κ2) is 5.71. The maximum atomic E-state index is 4.69. The van der Waals surface area contributed by atoms with E-state index < -0.39 is 0 Å². The molecule has 3 rings (SSSR count). The fraction of sp³-hybridized carbons (Fsp3) is 0.588. The predicted octanol–water partition coefficient (Wildman–Crippen LogP) is 3.04. The van der Waals surface area contributed by atoms with Gasteiger partial charge in [-0.2, -0.15) is 5.10 Å². The molecule has 0 saturated carbocycles. The van der Waals surface area contributed by atoms with Crippen LogP contribution in [-0.2, 0) is 13.5 Å². The van der Waals surface area contributed by atoms with Crippen LogP contribution in [-0.4, -0.2) is 26.3 Å². The van der Waals surface area contributed by atoms with Crippen molar-refractivity contribution < 1.29 is 0 Å². The van der Waals surface area contributed by atoms with Crippen LogP contribution in [0, 0.1) is 20.8 Å². The third-order valence-corrected chi connectivity index (χ3v) is 4.68. The number of nitrogens with zero attached hydrogens (tertiary/aromatic N) is 5. The summed E-state index contributed by atoms with van der Waals surface area (Å²) in [6, 6.07) is 2.53. The Kier molecular flexibility index (Phi) is 3.89. The van der Waals surface area contributed by atoms with E-state index in [-0.39, 0.29) is 0 Å².